The first kappa shape index (κ1) is 16.6. The molecule has 0 spiro atoms. The van der Waals surface area contributed by atoms with Gasteiger partial charge in [0.2, 0.25) is 0 Å². The molecule has 2 aromatic rings. The summed E-state index contributed by atoms with van der Waals surface area (Å²) in [5, 5.41) is 13.6. The molecular formula is C17H26N6O. The zero-order valence-electron chi connectivity index (χ0n) is 14.2. The normalized spacial score (nSPS) is 17.1. The molecule has 130 valence electrons. The minimum Gasteiger partial charge on any atom is -0.468 e. The van der Waals surface area contributed by atoms with Gasteiger partial charge in [-0.1, -0.05) is 0 Å². The number of likely N-dealkylation sites (tertiary alicyclic amines) is 1. The molecule has 1 aliphatic heterocycles. The second kappa shape index (κ2) is 8.54. The van der Waals surface area contributed by atoms with Crippen molar-refractivity contribution in [2.75, 3.05) is 26.2 Å². The van der Waals surface area contributed by atoms with E-state index in [4.69, 9.17) is 4.42 Å². The molecule has 1 aliphatic rings. The van der Waals surface area contributed by atoms with Gasteiger partial charge in [-0.05, 0) is 51.1 Å². The Morgan fingerprint density at radius 2 is 2.25 bits per heavy atom. The van der Waals surface area contributed by atoms with Gasteiger partial charge < -0.3 is 15.1 Å². The van der Waals surface area contributed by atoms with Gasteiger partial charge in [0.15, 0.2) is 5.96 Å². The molecule has 3 N–H and O–H groups in total. The third-order valence-electron chi connectivity index (χ3n) is 4.23. The van der Waals surface area contributed by atoms with Crippen molar-refractivity contribution < 1.29 is 4.42 Å². The van der Waals surface area contributed by atoms with E-state index in [1.807, 2.05) is 12.1 Å². The molecule has 0 bridgehead atoms. The minimum absolute atomic E-state index is 0.235. The molecule has 2 aromatic heterocycles. The van der Waals surface area contributed by atoms with E-state index in [2.05, 4.69) is 43.7 Å². The Morgan fingerprint density at radius 1 is 1.38 bits per heavy atom. The second-order valence-corrected chi connectivity index (χ2v) is 5.93. The fraction of sp³-hybridized carbons (Fsp3) is 0.529. The van der Waals surface area contributed by atoms with Crippen LogP contribution in [-0.2, 0) is 6.54 Å². The number of H-pyrrole nitrogens is 1. The summed E-state index contributed by atoms with van der Waals surface area (Å²) in [7, 11) is 0. The van der Waals surface area contributed by atoms with Gasteiger partial charge >= 0.3 is 0 Å². The third kappa shape index (κ3) is 4.38. The van der Waals surface area contributed by atoms with Crippen LogP contribution in [0.15, 0.2) is 40.1 Å². The lowest BCUT2D eigenvalue weighted by Gasteiger charge is -2.26. The lowest BCUT2D eigenvalue weighted by atomic mass is 10.2. The highest BCUT2D eigenvalue weighted by molar-refractivity contribution is 5.79. The summed E-state index contributed by atoms with van der Waals surface area (Å²) in [6, 6.07) is 6.18. The maximum Gasteiger partial charge on any atom is 0.191 e. The topological polar surface area (TPSA) is 81.5 Å². The van der Waals surface area contributed by atoms with Crippen molar-refractivity contribution in [3.63, 3.8) is 0 Å². The van der Waals surface area contributed by atoms with E-state index in [-0.39, 0.29) is 6.04 Å². The van der Waals surface area contributed by atoms with E-state index in [1.165, 1.54) is 12.8 Å². The smallest absolute Gasteiger partial charge is 0.191 e. The Kier molecular flexibility index (Phi) is 5.90. The first-order valence-corrected chi connectivity index (χ1v) is 8.64. The molecule has 1 saturated heterocycles. The number of guanidine groups is 1. The molecule has 1 unspecified atom stereocenters. The summed E-state index contributed by atoms with van der Waals surface area (Å²) < 4.78 is 5.66. The predicted octanol–water partition coefficient (Wildman–Crippen LogP) is 1.89. The first-order valence-electron chi connectivity index (χ1n) is 8.64. The highest BCUT2D eigenvalue weighted by Crippen LogP contribution is 2.24. The van der Waals surface area contributed by atoms with Gasteiger partial charge in [-0.25, -0.2) is 4.99 Å². The van der Waals surface area contributed by atoms with E-state index >= 15 is 0 Å². The highest BCUT2D eigenvalue weighted by atomic mass is 16.3. The van der Waals surface area contributed by atoms with Gasteiger partial charge in [0.05, 0.1) is 24.5 Å². The number of aromatic amines is 1. The van der Waals surface area contributed by atoms with Crippen LogP contribution in [0.4, 0.5) is 0 Å². The molecule has 1 atom stereocenters. The van der Waals surface area contributed by atoms with Crippen molar-refractivity contribution in [2.45, 2.75) is 32.4 Å². The van der Waals surface area contributed by atoms with Crippen molar-refractivity contribution in [2.24, 2.45) is 4.99 Å². The molecular weight excluding hydrogens is 304 g/mol. The van der Waals surface area contributed by atoms with Gasteiger partial charge in [-0.15, -0.1) is 0 Å². The van der Waals surface area contributed by atoms with Crippen LogP contribution in [0.25, 0.3) is 0 Å². The van der Waals surface area contributed by atoms with Crippen LogP contribution in [0.2, 0.25) is 0 Å². The summed E-state index contributed by atoms with van der Waals surface area (Å²) in [5.41, 5.74) is 0.995. The van der Waals surface area contributed by atoms with Crippen LogP contribution >= 0.6 is 0 Å². The molecule has 7 nitrogen and oxygen atoms in total. The summed E-state index contributed by atoms with van der Waals surface area (Å²) in [6.45, 7) is 6.47. The summed E-state index contributed by atoms with van der Waals surface area (Å²) in [4.78, 5) is 7.09. The molecule has 7 heteroatoms. The second-order valence-electron chi connectivity index (χ2n) is 5.93. The van der Waals surface area contributed by atoms with Gasteiger partial charge in [0.25, 0.3) is 0 Å². The van der Waals surface area contributed by atoms with Crippen LogP contribution in [0, 0.1) is 0 Å². The van der Waals surface area contributed by atoms with Crippen LogP contribution in [0.5, 0.6) is 0 Å². The highest BCUT2D eigenvalue weighted by Gasteiger charge is 2.25. The Morgan fingerprint density at radius 3 is 2.92 bits per heavy atom. The molecule has 0 radical (unpaired) electrons. The standard InChI is InChI=1S/C17H26N6O/c1-2-18-17(19-12-14-7-8-21-22-14)20-13-15(16-6-5-11-24-16)23-9-3-4-10-23/h5-8,11,15H,2-4,9-10,12-13H2,1H3,(H,21,22)(H2,18,19,20). The van der Waals surface area contributed by atoms with Crippen molar-refractivity contribution >= 4 is 5.96 Å². The lowest BCUT2D eigenvalue weighted by Crippen LogP contribution is -2.42. The largest absolute Gasteiger partial charge is 0.468 e. The third-order valence-corrected chi connectivity index (χ3v) is 4.23. The van der Waals surface area contributed by atoms with Crippen molar-refractivity contribution in [1.29, 1.82) is 0 Å². The van der Waals surface area contributed by atoms with E-state index in [0.29, 0.717) is 6.54 Å². The molecule has 0 aliphatic carbocycles. The first-order chi connectivity index (χ1) is 11.9. The Hall–Kier alpha value is -2.28. The van der Waals surface area contributed by atoms with Crippen molar-refractivity contribution in [3.05, 3.63) is 42.1 Å². The molecule has 0 amide bonds. The Labute approximate surface area is 142 Å². The van der Waals surface area contributed by atoms with Crippen LogP contribution in [-0.4, -0.2) is 47.2 Å². The maximum absolute atomic E-state index is 5.66. The summed E-state index contributed by atoms with van der Waals surface area (Å²) in [5.74, 6) is 1.82. The predicted molar refractivity (Wildman–Crippen MR) is 93.7 cm³/mol. The fourth-order valence-corrected chi connectivity index (χ4v) is 3.02. The van der Waals surface area contributed by atoms with Crippen molar-refractivity contribution in [1.82, 2.24) is 25.7 Å². The average Bonchev–Trinajstić information content (AvgIpc) is 3.35. The minimum atomic E-state index is 0.235. The number of furan rings is 1. The van der Waals surface area contributed by atoms with E-state index in [0.717, 1.165) is 43.6 Å². The maximum atomic E-state index is 5.66. The lowest BCUT2D eigenvalue weighted by molar-refractivity contribution is 0.215. The molecule has 3 rings (SSSR count). The molecule has 1 fully saturated rings. The van der Waals surface area contributed by atoms with E-state index < -0.39 is 0 Å². The monoisotopic (exact) mass is 330 g/mol. The zero-order valence-corrected chi connectivity index (χ0v) is 14.2. The van der Waals surface area contributed by atoms with E-state index in [9.17, 15) is 0 Å². The quantitative estimate of drug-likeness (QED) is 0.533. The summed E-state index contributed by atoms with van der Waals surface area (Å²) in [6.07, 6.45) is 6.00. The van der Waals surface area contributed by atoms with Gasteiger partial charge in [-0.3, -0.25) is 10.00 Å². The van der Waals surface area contributed by atoms with Crippen molar-refractivity contribution in [3.8, 4) is 0 Å². The number of hydrogen-bond donors (Lipinski definition) is 3. The summed E-state index contributed by atoms with van der Waals surface area (Å²) >= 11 is 0. The van der Waals surface area contributed by atoms with Gasteiger partial charge in [0.1, 0.15) is 5.76 Å². The molecule has 0 aromatic carbocycles. The zero-order chi connectivity index (χ0) is 16.6. The molecule has 0 saturated carbocycles. The fourth-order valence-electron chi connectivity index (χ4n) is 3.02. The molecule has 3 heterocycles. The Balaban J connectivity index is 1.63. The van der Waals surface area contributed by atoms with Crippen LogP contribution in [0.3, 0.4) is 0 Å². The van der Waals surface area contributed by atoms with Crippen LogP contribution < -0.4 is 10.6 Å². The number of hydrogen-bond acceptors (Lipinski definition) is 4. The van der Waals surface area contributed by atoms with E-state index in [1.54, 1.807) is 12.5 Å². The number of nitrogens with zero attached hydrogens (tertiary/aromatic N) is 3. The van der Waals surface area contributed by atoms with Gasteiger partial charge in [0, 0.05) is 19.3 Å². The van der Waals surface area contributed by atoms with Crippen LogP contribution in [0.1, 0.15) is 37.3 Å². The Bertz CT molecular complexity index is 601. The van der Waals surface area contributed by atoms with Gasteiger partial charge in [-0.2, -0.15) is 5.10 Å². The number of rotatable bonds is 7. The number of aliphatic imine (C=N–C) groups is 1. The number of nitrogens with one attached hydrogen (secondary N) is 3. The average molecular weight is 330 g/mol. The molecule has 24 heavy (non-hydrogen) atoms. The SMILES string of the molecule is CCNC(=NCc1ccn[nH]1)NCC(c1ccco1)N1CCCC1. The number of aromatic nitrogens is 2.